The number of hydrogen-bond donors (Lipinski definition) is 3. The molecule has 1 fully saturated rings. The van der Waals surface area contributed by atoms with E-state index >= 15 is 0 Å². The monoisotopic (exact) mass is 371 g/mol. The van der Waals surface area contributed by atoms with E-state index in [1.54, 1.807) is 6.92 Å². The summed E-state index contributed by atoms with van der Waals surface area (Å²) in [5, 5.41) is 8.55. The van der Waals surface area contributed by atoms with Crippen LogP contribution < -0.4 is 17.1 Å². The first-order chi connectivity index (χ1) is 11.4. The van der Waals surface area contributed by atoms with Gasteiger partial charge in [0.1, 0.15) is 25.6 Å². The molecule has 1 aliphatic rings. The molecule has 1 aromatic rings. The molecule has 0 saturated carbocycles. The topological polar surface area (TPSA) is 120 Å². The summed E-state index contributed by atoms with van der Waals surface area (Å²) in [6.45, 7) is 12.0. The molecule has 0 bridgehead atoms. The number of nitrogens with two attached hydrogens (primary N) is 1. The fourth-order valence-corrected chi connectivity index (χ4v) is 6.45. The summed E-state index contributed by atoms with van der Waals surface area (Å²) in [4.78, 5) is 31.9. The molecule has 9 heteroatoms. The maximum absolute atomic E-state index is 12.7. The second-order valence-electron chi connectivity index (χ2n) is 8.32. The fraction of sp³-hybridized carbons (Fsp3) is 0.750. The lowest BCUT2D eigenvalue weighted by Crippen LogP contribution is -2.64. The van der Waals surface area contributed by atoms with Crippen LogP contribution in [0, 0.1) is 6.92 Å². The highest BCUT2D eigenvalue weighted by atomic mass is 28.3. The molecule has 3 atom stereocenters. The zero-order valence-electron chi connectivity index (χ0n) is 15.8. The lowest BCUT2D eigenvalue weighted by atomic mass is 10.2. The van der Waals surface area contributed by atoms with E-state index in [1.807, 2.05) is 0 Å². The van der Waals surface area contributed by atoms with Gasteiger partial charge in [-0.2, -0.15) is 0 Å². The van der Waals surface area contributed by atoms with E-state index in [2.05, 4.69) is 38.8 Å². The Morgan fingerprint density at radius 1 is 1.48 bits per heavy atom. The maximum Gasteiger partial charge on any atom is 0.330 e. The Hall–Kier alpha value is -1.26. The number of aliphatic hydroxyl groups is 1. The lowest BCUT2D eigenvalue weighted by Gasteiger charge is -2.50. The minimum absolute atomic E-state index is 0.139. The van der Waals surface area contributed by atoms with Crippen molar-refractivity contribution in [3.05, 3.63) is 32.6 Å². The number of H-pyrrole nitrogens is 1. The number of rotatable bonds is 4. The number of nitrogens with one attached hydrogen (secondary N) is 1. The third-order valence-electron chi connectivity index (χ3n) is 5.95. The van der Waals surface area contributed by atoms with Crippen LogP contribution in [0.4, 0.5) is 0 Å². The maximum atomic E-state index is 12.7. The first-order valence-corrected chi connectivity index (χ1v) is 11.4. The molecule has 0 spiro atoms. The molecule has 1 saturated heterocycles. The molecule has 0 aromatic carbocycles. The molecule has 8 nitrogen and oxygen atoms in total. The van der Waals surface area contributed by atoms with Gasteiger partial charge in [-0.15, -0.1) is 0 Å². The van der Waals surface area contributed by atoms with Crippen LogP contribution in [0.25, 0.3) is 0 Å². The smallest absolute Gasteiger partial charge is 0.330 e. The van der Waals surface area contributed by atoms with E-state index in [-0.39, 0.29) is 11.6 Å². The van der Waals surface area contributed by atoms with Crippen molar-refractivity contribution in [2.24, 2.45) is 5.90 Å². The molecule has 25 heavy (non-hydrogen) atoms. The van der Waals surface area contributed by atoms with Gasteiger partial charge in [0.15, 0.2) is 0 Å². The second-order valence-corrected chi connectivity index (χ2v) is 13.8. The normalized spacial score (nSPS) is 27.7. The highest BCUT2D eigenvalue weighted by molar-refractivity contribution is 6.81. The number of aliphatic hydroxyl groups excluding tert-OH is 1. The van der Waals surface area contributed by atoms with Crippen molar-refractivity contribution < 1.29 is 14.7 Å². The van der Waals surface area contributed by atoms with Gasteiger partial charge >= 0.3 is 5.69 Å². The number of hydrogen-bond acceptors (Lipinski definition) is 6. The van der Waals surface area contributed by atoms with E-state index < -0.39 is 36.9 Å². The Morgan fingerprint density at radius 3 is 2.52 bits per heavy atom. The fourth-order valence-electron chi connectivity index (χ4n) is 3.35. The van der Waals surface area contributed by atoms with Crippen molar-refractivity contribution in [2.75, 3.05) is 6.61 Å². The Balaban J connectivity index is 2.78. The Labute approximate surface area is 147 Å². The van der Waals surface area contributed by atoms with Gasteiger partial charge in [0.25, 0.3) is 5.56 Å². The van der Waals surface area contributed by atoms with Gasteiger partial charge in [-0.1, -0.05) is 33.9 Å². The van der Waals surface area contributed by atoms with E-state index in [0.717, 1.165) is 0 Å². The standard InChI is InChI=1S/C16H29N3O5Si/c1-10-8-19(14(22)18-13(10)21)16(25(5,6)15(2,3)4)7-11(24-17)12(9-20)23-16/h8,11-12,20H,7,9,17H2,1-6H3,(H,18,21,22)/t11-,12+,16-/m0/s1. The van der Waals surface area contributed by atoms with Crippen molar-refractivity contribution in [2.45, 2.75) is 69.8 Å². The van der Waals surface area contributed by atoms with Crippen molar-refractivity contribution >= 4 is 8.07 Å². The number of aryl methyl sites for hydroxylation is 1. The van der Waals surface area contributed by atoms with Crippen LogP contribution in [0.1, 0.15) is 32.8 Å². The van der Waals surface area contributed by atoms with Crippen LogP contribution >= 0.6 is 0 Å². The molecule has 1 aromatic heterocycles. The molecule has 0 aliphatic carbocycles. The van der Waals surface area contributed by atoms with Crippen molar-refractivity contribution in [1.82, 2.24) is 9.55 Å². The first-order valence-electron chi connectivity index (χ1n) is 8.38. The van der Waals surface area contributed by atoms with Crippen molar-refractivity contribution in [3.63, 3.8) is 0 Å². The van der Waals surface area contributed by atoms with Gasteiger partial charge in [-0.05, 0) is 12.0 Å². The van der Waals surface area contributed by atoms with Crippen LogP contribution in [0.3, 0.4) is 0 Å². The van der Waals surface area contributed by atoms with E-state index in [1.165, 1.54) is 10.8 Å². The SMILES string of the molecule is Cc1cn([C@@]2([Si](C)(C)C(C)(C)C)C[C@H](ON)[C@@H](CO)O2)c(=O)[nH]c1=O. The lowest BCUT2D eigenvalue weighted by molar-refractivity contribution is -0.0868. The largest absolute Gasteiger partial charge is 0.394 e. The second kappa shape index (κ2) is 6.47. The highest BCUT2D eigenvalue weighted by Gasteiger charge is 2.62. The van der Waals surface area contributed by atoms with Crippen LogP contribution in [0.15, 0.2) is 15.8 Å². The van der Waals surface area contributed by atoms with Crippen molar-refractivity contribution in [3.8, 4) is 0 Å². The number of aromatic amines is 1. The van der Waals surface area contributed by atoms with Gasteiger partial charge < -0.3 is 9.84 Å². The summed E-state index contributed by atoms with van der Waals surface area (Å²) >= 11 is 0. The molecule has 0 amide bonds. The van der Waals surface area contributed by atoms with Crippen LogP contribution in [-0.2, 0) is 14.9 Å². The summed E-state index contributed by atoms with van der Waals surface area (Å²) in [6, 6.07) is 0. The summed E-state index contributed by atoms with van der Waals surface area (Å²) in [7, 11) is -2.38. The summed E-state index contributed by atoms with van der Waals surface area (Å²) in [6.07, 6.45) is 0.683. The predicted octanol–water partition coefficient (Wildman–Crippen LogP) is 0.586. The number of aromatic nitrogens is 2. The zero-order valence-corrected chi connectivity index (χ0v) is 16.8. The van der Waals surface area contributed by atoms with E-state index in [0.29, 0.717) is 12.0 Å². The van der Waals surface area contributed by atoms with E-state index in [4.69, 9.17) is 15.5 Å². The Bertz CT molecular complexity index is 737. The van der Waals surface area contributed by atoms with Crippen LogP contribution in [-0.4, -0.2) is 41.5 Å². The minimum atomic E-state index is -2.38. The van der Waals surface area contributed by atoms with Crippen LogP contribution in [0.2, 0.25) is 18.1 Å². The van der Waals surface area contributed by atoms with Crippen molar-refractivity contribution in [1.29, 1.82) is 0 Å². The van der Waals surface area contributed by atoms with Crippen LogP contribution in [0.5, 0.6) is 0 Å². The highest BCUT2D eigenvalue weighted by Crippen LogP contribution is 2.52. The average molecular weight is 372 g/mol. The average Bonchev–Trinajstić information content (AvgIpc) is 2.90. The molecule has 142 valence electrons. The molecular formula is C16H29N3O5Si. The molecule has 0 unspecified atom stereocenters. The summed E-state index contributed by atoms with van der Waals surface area (Å²) in [5.41, 5.74) is -0.538. The first kappa shape index (κ1) is 20.1. The third-order valence-corrected chi connectivity index (χ3v) is 12.2. The van der Waals surface area contributed by atoms with Gasteiger partial charge in [0, 0.05) is 18.2 Å². The summed E-state index contributed by atoms with van der Waals surface area (Å²) in [5.74, 6) is 5.42. The number of ether oxygens (including phenoxy) is 1. The third kappa shape index (κ3) is 3.04. The molecule has 0 radical (unpaired) electrons. The Kier molecular flexibility index (Phi) is 5.19. The zero-order chi connectivity index (χ0) is 19.2. The Morgan fingerprint density at radius 2 is 2.08 bits per heavy atom. The molecule has 2 rings (SSSR count). The minimum Gasteiger partial charge on any atom is -0.394 e. The van der Waals surface area contributed by atoms with Gasteiger partial charge in [-0.25, -0.2) is 10.7 Å². The van der Waals surface area contributed by atoms with Gasteiger partial charge in [0.2, 0.25) is 0 Å². The van der Waals surface area contributed by atoms with E-state index in [9.17, 15) is 14.7 Å². The van der Waals surface area contributed by atoms with Gasteiger partial charge in [0.05, 0.1) is 6.61 Å². The predicted molar refractivity (Wildman–Crippen MR) is 96.9 cm³/mol. The molecule has 2 heterocycles. The quantitative estimate of drug-likeness (QED) is 0.526. The molecular weight excluding hydrogens is 342 g/mol. The molecule has 4 N–H and O–H groups in total. The van der Waals surface area contributed by atoms with Gasteiger partial charge in [-0.3, -0.25) is 19.2 Å². The molecule has 1 aliphatic heterocycles. The summed E-state index contributed by atoms with van der Waals surface area (Å²) < 4.78 is 7.78. The number of nitrogens with zero attached hydrogens (tertiary/aromatic N) is 1.